The van der Waals surface area contributed by atoms with Gasteiger partial charge in [0.1, 0.15) is 5.75 Å². The second-order valence-corrected chi connectivity index (χ2v) is 4.78. The van der Waals surface area contributed by atoms with Gasteiger partial charge in [-0.2, -0.15) is 0 Å². The van der Waals surface area contributed by atoms with Crippen LogP contribution in [0.4, 0.5) is 11.4 Å². The molecule has 1 aromatic carbocycles. The van der Waals surface area contributed by atoms with Gasteiger partial charge in [0.25, 0.3) is 5.91 Å². The molecule has 0 aliphatic carbocycles. The largest absolute Gasteiger partial charge is 0.495 e. The monoisotopic (exact) mass is 285 g/mol. The Kier molecular flexibility index (Phi) is 4.42. The molecule has 0 bridgehead atoms. The smallest absolute Gasteiger partial charge is 0.259 e. The van der Waals surface area contributed by atoms with Crippen LogP contribution < -0.4 is 15.4 Å². The standard InChI is InChI=1S/C16H19N3O2/c1-10-5-6-15(21-4)14(7-10)19-16(20)12-9-18-11(2)8-13(12)17-3/h5-9H,1-4H3,(H,17,18)(H,19,20). The number of methoxy groups -OCH3 is 1. The number of benzene rings is 1. The number of rotatable bonds is 4. The highest BCUT2D eigenvalue weighted by molar-refractivity contribution is 6.08. The van der Waals surface area contributed by atoms with Gasteiger partial charge in [0.05, 0.1) is 24.0 Å². The molecule has 0 saturated carbocycles. The van der Waals surface area contributed by atoms with Crippen LogP contribution in [0.5, 0.6) is 5.75 Å². The maximum atomic E-state index is 12.4. The van der Waals surface area contributed by atoms with Crippen LogP contribution in [-0.2, 0) is 0 Å². The third-order valence-electron chi connectivity index (χ3n) is 3.16. The minimum Gasteiger partial charge on any atom is -0.495 e. The molecule has 2 N–H and O–H groups in total. The van der Waals surface area contributed by atoms with Crippen molar-refractivity contribution < 1.29 is 9.53 Å². The molecule has 0 aliphatic rings. The van der Waals surface area contributed by atoms with Crippen LogP contribution in [-0.4, -0.2) is 25.0 Å². The molecule has 0 radical (unpaired) electrons. The average molecular weight is 285 g/mol. The van der Waals surface area contributed by atoms with Crippen LogP contribution in [0.2, 0.25) is 0 Å². The van der Waals surface area contributed by atoms with Crippen LogP contribution >= 0.6 is 0 Å². The first kappa shape index (κ1) is 14.8. The number of hydrogen-bond acceptors (Lipinski definition) is 4. The molecule has 110 valence electrons. The van der Waals surface area contributed by atoms with E-state index in [1.807, 2.05) is 38.1 Å². The molecule has 1 aromatic heterocycles. The quantitative estimate of drug-likeness (QED) is 0.906. The summed E-state index contributed by atoms with van der Waals surface area (Å²) in [4.78, 5) is 16.6. The Labute approximate surface area is 124 Å². The van der Waals surface area contributed by atoms with Crippen molar-refractivity contribution in [1.82, 2.24) is 4.98 Å². The number of aromatic nitrogens is 1. The number of nitrogens with zero attached hydrogens (tertiary/aromatic N) is 1. The number of anilines is 2. The summed E-state index contributed by atoms with van der Waals surface area (Å²) >= 11 is 0. The number of pyridine rings is 1. The molecule has 0 saturated heterocycles. The van der Waals surface area contributed by atoms with Crippen molar-refractivity contribution in [2.75, 3.05) is 24.8 Å². The summed E-state index contributed by atoms with van der Waals surface area (Å²) in [7, 11) is 3.35. The molecule has 0 fully saturated rings. The summed E-state index contributed by atoms with van der Waals surface area (Å²) in [6.07, 6.45) is 1.57. The molecular weight excluding hydrogens is 266 g/mol. The van der Waals surface area contributed by atoms with E-state index < -0.39 is 0 Å². The van der Waals surface area contributed by atoms with Crippen molar-refractivity contribution in [2.24, 2.45) is 0 Å². The van der Waals surface area contributed by atoms with Crippen molar-refractivity contribution in [3.05, 3.63) is 47.3 Å². The van der Waals surface area contributed by atoms with Gasteiger partial charge in [-0.25, -0.2) is 0 Å². The summed E-state index contributed by atoms with van der Waals surface area (Å²) < 4.78 is 5.27. The molecule has 0 spiro atoms. The summed E-state index contributed by atoms with van der Waals surface area (Å²) in [5.41, 5.74) is 3.77. The fourth-order valence-corrected chi connectivity index (χ4v) is 2.06. The molecule has 1 amide bonds. The Bertz CT molecular complexity index is 669. The van der Waals surface area contributed by atoms with E-state index >= 15 is 0 Å². The average Bonchev–Trinajstić information content (AvgIpc) is 2.47. The second-order valence-electron chi connectivity index (χ2n) is 4.78. The topological polar surface area (TPSA) is 63.2 Å². The van der Waals surface area contributed by atoms with Gasteiger partial charge in [0.15, 0.2) is 0 Å². The third kappa shape index (κ3) is 3.31. The van der Waals surface area contributed by atoms with E-state index in [2.05, 4.69) is 15.6 Å². The molecule has 5 heteroatoms. The minimum absolute atomic E-state index is 0.226. The SMILES string of the molecule is CNc1cc(C)ncc1C(=O)Nc1cc(C)ccc1OC. The lowest BCUT2D eigenvalue weighted by Gasteiger charge is -2.13. The molecule has 0 atom stereocenters. The summed E-state index contributed by atoms with van der Waals surface area (Å²) in [6, 6.07) is 7.47. The van der Waals surface area contributed by atoms with Crippen LogP contribution in [0.15, 0.2) is 30.5 Å². The van der Waals surface area contributed by atoms with Gasteiger partial charge >= 0.3 is 0 Å². The van der Waals surface area contributed by atoms with Crippen molar-refractivity contribution in [1.29, 1.82) is 0 Å². The van der Waals surface area contributed by atoms with Gasteiger partial charge in [-0.05, 0) is 37.6 Å². The number of aryl methyl sites for hydroxylation is 2. The van der Waals surface area contributed by atoms with Crippen molar-refractivity contribution in [2.45, 2.75) is 13.8 Å². The molecule has 1 heterocycles. The number of amides is 1. The molecular formula is C16H19N3O2. The van der Waals surface area contributed by atoms with Gasteiger partial charge < -0.3 is 15.4 Å². The lowest BCUT2D eigenvalue weighted by Crippen LogP contribution is -2.15. The van der Waals surface area contributed by atoms with E-state index in [1.165, 1.54) is 0 Å². The predicted octanol–water partition coefficient (Wildman–Crippen LogP) is 3.00. The number of ether oxygens (including phenoxy) is 1. The van der Waals surface area contributed by atoms with Gasteiger partial charge in [0.2, 0.25) is 0 Å². The molecule has 0 unspecified atom stereocenters. The Balaban J connectivity index is 2.32. The highest BCUT2D eigenvalue weighted by Crippen LogP contribution is 2.26. The first-order chi connectivity index (χ1) is 10.0. The maximum Gasteiger partial charge on any atom is 0.259 e. The molecule has 0 aliphatic heterocycles. The number of carbonyl (C=O) groups is 1. The van der Waals surface area contributed by atoms with Crippen molar-refractivity contribution in [3.63, 3.8) is 0 Å². The fraction of sp³-hybridized carbons (Fsp3) is 0.250. The van der Waals surface area contributed by atoms with Gasteiger partial charge in [-0.3, -0.25) is 9.78 Å². The van der Waals surface area contributed by atoms with E-state index in [1.54, 1.807) is 20.4 Å². The highest BCUT2D eigenvalue weighted by Gasteiger charge is 2.14. The Morgan fingerprint density at radius 1 is 1.19 bits per heavy atom. The lowest BCUT2D eigenvalue weighted by atomic mass is 10.1. The Hall–Kier alpha value is -2.56. The third-order valence-corrected chi connectivity index (χ3v) is 3.16. The Morgan fingerprint density at radius 3 is 2.62 bits per heavy atom. The number of hydrogen-bond donors (Lipinski definition) is 2. The van der Waals surface area contributed by atoms with Crippen LogP contribution in [0.3, 0.4) is 0 Å². The van der Waals surface area contributed by atoms with E-state index in [0.717, 1.165) is 16.9 Å². The van der Waals surface area contributed by atoms with E-state index in [4.69, 9.17) is 4.74 Å². The molecule has 5 nitrogen and oxygen atoms in total. The zero-order valence-electron chi connectivity index (χ0n) is 12.7. The van der Waals surface area contributed by atoms with E-state index in [0.29, 0.717) is 17.0 Å². The first-order valence-corrected chi connectivity index (χ1v) is 6.65. The first-order valence-electron chi connectivity index (χ1n) is 6.65. The normalized spacial score (nSPS) is 10.1. The molecule has 2 aromatic rings. The second kappa shape index (κ2) is 6.26. The summed E-state index contributed by atoms with van der Waals surface area (Å²) in [6.45, 7) is 3.84. The number of carbonyl (C=O) groups excluding carboxylic acids is 1. The van der Waals surface area contributed by atoms with Crippen molar-refractivity contribution in [3.8, 4) is 5.75 Å². The molecule has 21 heavy (non-hydrogen) atoms. The maximum absolute atomic E-state index is 12.4. The number of nitrogens with one attached hydrogen (secondary N) is 2. The van der Waals surface area contributed by atoms with Crippen molar-refractivity contribution >= 4 is 17.3 Å². The van der Waals surface area contributed by atoms with Gasteiger partial charge in [-0.1, -0.05) is 6.07 Å². The van der Waals surface area contributed by atoms with Gasteiger partial charge in [-0.15, -0.1) is 0 Å². The molecule has 2 rings (SSSR count). The van der Waals surface area contributed by atoms with E-state index in [-0.39, 0.29) is 5.91 Å². The Morgan fingerprint density at radius 2 is 1.95 bits per heavy atom. The zero-order valence-corrected chi connectivity index (χ0v) is 12.7. The van der Waals surface area contributed by atoms with Gasteiger partial charge in [0, 0.05) is 18.9 Å². The summed E-state index contributed by atoms with van der Waals surface area (Å²) in [5, 5.41) is 5.88. The lowest BCUT2D eigenvalue weighted by molar-refractivity contribution is 0.102. The fourth-order valence-electron chi connectivity index (χ4n) is 2.06. The van der Waals surface area contributed by atoms with E-state index in [9.17, 15) is 4.79 Å². The van der Waals surface area contributed by atoms with Crippen LogP contribution in [0.1, 0.15) is 21.6 Å². The highest BCUT2D eigenvalue weighted by atomic mass is 16.5. The van der Waals surface area contributed by atoms with Crippen LogP contribution in [0, 0.1) is 13.8 Å². The minimum atomic E-state index is -0.226. The van der Waals surface area contributed by atoms with Crippen LogP contribution in [0.25, 0.3) is 0 Å². The predicted molar refractivity (Wildman–Crippen MR) is 84.2 cm³/mol. The zero-order chi connectivity index (χ0) is 15.4. The summed E-state index contributed by atoms with van der Waals surface area (Å²) in [5.74, 6) is 0.399.